The van der Waals surface area contributed by atoms with Gasteiger partial charge in [-0.25, -0.2) is 0 Å². The van der Waals surface area contributed by atoms with Crippen LogP contribution in [0.4, 0.5) is 0 Å². The van der Waals surface area contributed by atoms with E-state index in [4.69, 9.17) is 0 Å². The van der Waals surface area contributed by atoms with Crippen molar-refractivity contribution in [2.45, 2.75) is 13.0 Å². The molecule has 0 aliphatic heterocycles. The van der Waals surface area contributed by atoms with Crippen molar-refractivity contribution in [3.05, 3.63) is 84.4 Å². The Morgan fingerprint density at radius 1 is 0.655 bits per heavy atom. The standard InChI is InChI=1S/C26H20N2O/c1-15(29)21-13-16(14-22-19-8-3-5-12-24(19)28-26(21)22)17-9-6-10-20-18-7-2-4-11-23(18)27-25(17)20/h2-15,27-29H,1H3. The third kappa shape index (κ3) is 2.35. The van der Waals surface area contributed by atoms with Crippen LogP contribution in [0, 0.1) is 0 Å². The van der Waals surface area contributed by atoms with Crippen molar-refractivity contribution in [2.75, 3.05) is 0 Å². The maximum absolute atomic E-state index is 10.5. The summed E-state index contributed by atoms with van der Waals surface area (Å²) in [5, 5.41) is 15.3. The van der Waals surface area contributed by atoms with Crippen molar-refractivity contribution in [3.8, 4) is 11.1 Å². The number of para-hydroxylation sites is 3. The fourth-order valence-electron chi connectivity index (χ4n) is 4.58. The first-order valence-electron chi connectivity index (χ1n) is 9.93. The van der Waals surface area contributed by atoms with Crippen LogP contribution in [-0.4, -0.2) is 15.1 Å². The topological polar surface area (TPSA) is 51.8 Å². The summed E-state index contributed by atoms with van der Waals surface area (Å²) in [4.78, 5) is 7.10. The molecule has 3 heteroatoms. The third-order valence-corrected chi connectivity index (χ3v) is 5.95. The normalized spacial score (nSPS) is 13.0. The van der Waals surface area contributed by atoms with Gasteiger partial charge >= 0.3 is 0 Å². The van der Waals surface area contributed by atoms with Crippen molar-refractivity contribution in [1.29, 1.82) is 0 Å². The Kier molecular flexibility index (Phi) is 3.37. The van der Waals surface area contributed by atoms with E-state index in [0.717, 1.165) is 44.1 Å². The summed E-state index contributed by atoms with van der Waals surface area (Å²) in [6.45, 7) is 1.83. The zero-order valence-electron chi connectivity index (χ0n) is 16.0. The monoisotopic (exact) mass is 376 g/mol. The molecule has 140 valence electrons. The summed E-state index contributed by atoms with van der Waals surface area (Å²) in [6.07, 6.45) is -0.563. The minimum absolute atomic E-state index is 0.563. The highest BCUT2D eigenvalue weighted by Crippen LogP contribution is 2.38. The SMILES string of the molecule is CC(O)c1cc(-c2cccc3c2[nH]c2ccccc23)cc2c1[nH]c1ccccc12. The second kappa shape index (κ2) is 5.97. The molecular formula is C26H20N2O. The average molecular weight is 376 g/mol. The fourth-order valence-corrected chi connectivity index (χ4v) is 4.58. The number of fused-ring (bicyclic) bond motifs is 6. The van der Waals surface area contributed by atoms with E-state index in [2.05, 4.69) is 82.8 Å². The van der Waals surface area contributed by atoms with Crippen LogP contribution in [0.3, 0.4) is 0 Å². The van der Waals surface area contributed by atoms with Gasteiger partial charge in [0.05, 0.1) is 17.1 Å². The predicted octanol–water partition coefficient (Wildman–Crippen LogP) is 6.68. The first-order valence-corrected chi connectivity index (χ1v) is 9.93. The number of hydrogen-bond acceptors (Lipinski definition) is 1. The number of nitrogens with one attached hydrogen (secondary N) is 2. The van der Waals surface area contributed by atoms with Gasteiger partial charge in [-0.2, -0.15) is 0 Å². The van der Waals surface area contributed by atoms with Crippen LogP contribution in [0.15, 0.2) is 78.9 Å². The van der Waals surface area contributed by atoms with Gasteiger partial charge < -0.3 is 15.1 Å². The largest absolute Gasteiger partial charge is 0.389 e. The average Bonchev–Trinajstić information content (AvgIpc) is 3.31. The maximum Gasteiger partial charge on any atom is 0.0782 e. The zero-order valence-corrected chi connectivity index (χ0v) is 16.0. The summed E-state index contributed by atoms with van der Waals surface area (Å²) in [6, 6.07) is 27.5. The van der Waals surface area contributed by atoms with Crippen LogP contribution in [0.1, 0.15) is 18.6 Å². The van der Waals surface area contributed by atoms with Crippen molar-refractivity contribution >= 4 is 43.6 Å². The van der Waals surface area contributed by atoms with E-state index in [1.165, 1.54) is 16.2 Å². The van der Waals surface area contributed by atoms with Crippen LogP contribution < -0.4 is 0 Å². The molecule has 0 aliphatic rings. The highest BCUT2D eigenvalue weighted by Gasteiger charge is 2.16. The van der Waals surface area contributed by atoms with E-state index in [0.29, 0.717) is 0 Å². The fraction of sp³-hybridized carbons (Fsp3) is 0.0769. The minimum Gasteiger partial charge on any atom is -0.389 e. The van der Waals surface area contributed by atoms with E-state index in [9.17, 15) is 5.11 Å². The molecule has 0 spiro atoms. The molecule has 1 atom stereocenters. The summed E-state index contributed by atoms with van der Waals surface area (Å²) in [5.41, 5.74) is 7.53. The molecule has 6 aromatic rings. The van der Waals surface area contributed by atoms with Crippen LogP contribution in [-0.2, 0) is 0 Å². The molecule has 0 aliphatic carbocycles. The summed E-state index contributed by atoms with van der Waals surface area (Å²) >= 11 is 0. The molecule has 1 unspecified atom stereocenters. The maximum atomic E-state index is 10.5. The van der Waals surface area contributed by atoms with Gasteiger partial charge in [0.15, 0.2) is 0 Å². The number of aliphatic hydroxyl groups excluding tert-OH is 1. The lowest BCUT2D eigenvalue weighted by Crippen LogP contribution is -1.94. The Morgan fingerprint density at radius 3 is 2.00 bits per heavy atom. The molecule has 6 rings (SSSR count). The zero-order chi connectivity index (χ0) is 19.5. The number of aromatic nitrogens is 2. The first kappa shape index (κ1) is 16.4. The van der Waals surface area contributed by atoms with Gasteiger partial charge in [-0.05, 0) is 36.8 Å². The molecule has 0 saturated carbocycles. The van der Waals surface area contributed by atoms with Crippen molar-refractivity contribution < 1.29 is 5.11 Å². The van der Waals surface area contributed by atoms with Gasteiger partial charge in [0.2, 0.25) is 0 Å². The number of hydrogen-bond donors (Lipinski definition) is 3. The number of aromatic amines is 2. The molecule has 3 N–H and O–H groups in total. The third-order valence-electron chi connectivity index (χ3n) is 5.95. The van der Waals surface area contributed by atoms with Gasteiger partial charge in [0.25, 0.3) is 0 Å². The molecule has 0 radical (unpaired) electrons. The molecule has 3 nitrogen and oxygen atoms in total. The number of benzene rings is 4. The smallest absolute Gasteiger partial charge is 0.0782 e. The van der Waals surface area contributed by atoms with E-state index < -0.39 is 6.10 Å². The van der Waals surface area contributed by atoms with Crippen molar-refractivity contribution in [1.82, 2.24) is 9.97 Å². The molecule has 29 heavy (non-hydrogen) atoms. The van der Waals surface area contributed by atoms with E-state index >= 15 is 0 Å². The van der Waals surface area contributed by atoms with Crippen molar-refractivity contribution in [2.24, 2.45) is 0 Å². The van der Waals surface area contributed by atoms with E-state index in [1.807, 2.05) is 13.0 Å². The van der Waals surface area contributed by atoms with Crippen LogP contribution in [0.5, 0.6) is 0 Å². The Morgan fingerprint density at radius 2 is 1.28 bits per heavy atom. The Balaban J connectivity index is 1.72. The van der Waals surface area contributed by atoms with Gasteiger partial charge in [0, 0.05) is 43.7 Å². The highest BCUT2D eigenvalue weighted by atomic mass is 16.3. The van der Waals surface area contributed by atoms with Crippen LogP contribution >= 0.6 is 0 Å². The molecular weight excluding hydrogens is 356 g/mol. The molecule has 4 aromatic carbocycles. The Hall–Kier alpha value is -3.56. The highest BCUT2D eigenvalue weighted by molar-refractivity contribution is 6.14. The Labute approximate surface area is 167 Å². The molecule has 0 bridgehead atoms. The van der Waals surface area contributed by atoms with Gasteiger partial charge in [-0.1, -0.05) is 54.6 Å². The summed E-state index contributed by atoms with van der Waals surface area (Å²) in [5.74, 6) is 0. The number of aliphatic hydroxyl groups is 1. The van der Waals surface area contributed by atoms with Gasteiger partial charge in [-0.3, -0.25) is 0 Å². The first-order chi connectivity index (χ1) is 14.2. The molecule has 2 heterocycles. The summed E-state index contributed by atoms with van der Waals surface area (Å²) < 4.78 is 0. The van der Waals surface area contributed by atoms with E-state index in [1.54, 1.807) is 0 Å². The molecule has 2 aromatic heterocycles. The minimum atomic E-state index is -0.563. The van der Waals surface area contributed by atoms with E-state index in [-0.39, 0.29) is 0 Å². The lowest BCUT2D eigenvalue weighted by molar-refractivity contribution is 0.201. The van der Waals surface area contributed by atoms with Crippen LogP contribution in [0.25, 0.3) is 54.7 Å². The number of rotatable bonds is 2. The summed E-state index contributed by atoms with van der Waals surface area (Å²) in [7, 11) is 0. The molecule has 0 fully saturated rings. The lowest BCUT2D eigenvalue weighted by Gasteiger charge is -2.11. The second-order valence-electron chi connectivity index (χ2n) is 7.73. The second-order valence-corrected chi connectivity index (χ2v) is 7.73. The Bertz CT molecular complexity index is 1530. The van der Waals surface area contributed by atoms with Crippen molar-refractivity contribution in [3.63, 3.8) is 0 Å². The lowest BCUT2D eigenvalue weighted by atomic mass is 9.96. The van der Waals surface area contributed by atoms with Gasteiger partial charge in [-0.15, -0.1) is 0 Å². The molecule has 0 saturated heterocycles. The molecule has 0 amide bonds. The predicted molar refractivity (Wildman–Crippen MR) is 121 cm³/mol. The van der Waals surface area contributed by atoms with Crippen LogP contribution in [0.2, 0.25) is 0 Å². The quantitative estimate of drug-likeness (QED) is 0.310. The number of H-pyrrole nitrogens is 2. The van der Waals surface area contributed by atoms with Gasteiger partial charge in [0.1, 0.15) is 0 Å².